The Balaban J connectivity index is 3.49. The van der Waals surface area contributed by atoms with Gasteiger partial charge in [-0.3, -0.25) is 0 Å². The topological polar surface area (TPSA) is 37.3 Å². The van der Waals surface area contributed by atoms with Gasteiger partial charge in [0.2, 0.25) is 0 Å². The third-order valence-electron chi connectivity index (χ3n) is 2.69. The molecule has 0 aromatic rings. The smallest absolute Gasteiger partial charge is 0.330 e. The first-order chi connectivity index (χ1) is 9.18. The van der Waals surface area contributed by atoms with Crippen LogP contribution >= 0.6 is 0 Å². The molecule has 0 saturated carbocycles. The molecule has 0 aromatic heterocycles. The number of rotatable bonds is 10. The second kappa shape index (κ2) is 12.9. The second-order valence-corrected chi connectivity index (χ2v) is 4.44. The fourth-order valence-electron chi connectivity index (χ4n) is 1.51. The molecule has 0 rings (SSSR count). The Morgan fingerprint density at radius 1 is 0.842 bits per heavy atom. The maximum Gasteiger partial charge on any atom is 0.330 e. The summed E-state index contributed by atoms with van der Waals surface area (Å²) in [4.78, 5) is 10.5. The standard InChI is InChI=1S/C17H26O2/c1-3-4-5-6-7-8-9-10-11-12-13-14-15-16(2)17(18)19/h3-4,7-8,11-12,15H,5-6,9-10,13-14H2,1-2H3,(H,18,19). The molecule has 0 heterocycles. The zero-order valence-electron chi connectivity index (χ0n) is 12.1. The first-order valence-electron chi connectivity index (χ1n) is 6.99. The van der Waals surface area contributed by atoms with Crippen molar-refractivity contribution in [3.63, 3.8) is 0 Å². The van der Waals surface area contributed by atoms with E-state index in [0.29, 0.717) is 5.57 Å². The monoisotopic (exact) mass is 262 g/mol. The summed E-state index contributed by atoms with van der Waals surface area (Å²) < 4.78 is 0. The molecule has 0 bridgehead atoms. The summed E-state index contributed by atoms with van der Waals surface area (Å²) in [5.41, 5.74) is 0.428. The number of aliphatic carboxylic acids is 1. The Hall–Kier alpha value is -1.57. The van der Waals surface area contributed by atoms with E-state index >= 15 is 0 Å². The summed E-state index contributed by atoms with van der Waals surface area (Å²) in [7, 11) is 0. The lowest BCUT2D eigenvalue weighted by Crippen LogP contribution is -1.95. The van der Waals surface area contributed by atoms with Gasteiger partial charge in [0.25, 0.3) is 0 Å². The van der Waals surface area contributed by atoms with Gasteiger partial charge < -0.3 is 5.11 Å². The maximum atomic E-state index is 10.5. The van der Waals surface area contributed by atoms with Crippen LogP contribution in [0.25, 0.3) is 0 Å². The van der Waals surface area contributed by atoms with E-state index in [-0.39, 0.29) is 0 Å². The predicted molar refractivity (Wildman–Crippen MR) is 82.2 cm³/mol. The van der Waals surface area contributed by atoms with Crippen molar-refractivity contribution in [3.8, 4) is 0 Å². The molecule has 0 saturated heterocycles. The zero-order chi connectivity index (χ0) is 14.3. The molecule has 0 fully saturated rings. The molecule has 0 aliphatic heterocycles. The molecule has 0 radical (unpaired) electrons. The van der Waals surface area contributed by atoms with E-state index in [2.05, 4.69) is 36.5 Å². The number of carbonyl (C=O) groups is 1. The average molecular weight is 262 g/mol. The van der Waals surface area contributed by atoms with E-state index in [1.807, 2.05) is 6.92 Å². The van der Waals surface area contributed by atoms with Gasteiger partial charge in [-0.15, -0.1) is 0 Å². The Morgan fingerprint density at radius 3 is 1.68 bits per heavy atom. The average Bonchev–Trinajstić information content (AvgIpc) is 2.39. The van der Waals surface area contributed by atoms with E-state index < -0.39 is 5.97 Å². The van der Waals surface area contributed by atoms with E-state index in [4.69, 9.17) is 5.11 Å². The molecule has 0 spiro atoms. The van der Waals surface area contributed by atoms with Crippen molar-refractivity contribution >= 4 is 5.97 Å². The summed E-state index contributed by atoms with van der Waals surface area (Å²) in [5.74, 6) is -0.827. The van der Waals surface area contributed by atoms with Crippen LogP contribution in [0.1, 0.15) is 52.4 Å². The fraction of sp³-hybridized carbons (Fsp3) is 0.471. The van der Waals surface area contributed by atoms with E-state index in [9.17, 15) is 4.79 Å². The summed E-state index contributed by atoms with van der Waals surface area (Å²) in [6.45, 7) is 3.67. The van der Waals surface area contributed by atoms with Gasteiger partial charge in [0.15, 0.2) is 0 Å². The van der Waals surface area contributed by atoms with Crippen molar-refractivity contribution in [2.24, 2.45) is 0 Å². The molecule has 0 aromatic carbocycles. The first-order valence-corrected chi connectivity index (χ1v) is 6.99. The van der Waals surface area contributed by atoms with Crippen molar-refractivity contribution < 1.29 is 9.90 Å². The van der Waals surface area contributed by atoms with E-state index in [0.717, 1.165) is 38.5 Å². The van der Waals surface area contributed by atoms with Crippen LogP contribution < -0.4 is 0 Å². The maximum absolute atomic E-state index is 10.5. The molecule has 0 aliphatic carbocycles. The van der Waals surface area contributed by atoms with Gasteiger partial charge in [-0.1, -0.05) is 42.5 Å². The van der Waals surface area contributed by atoms with Crippen molar-refractivity contribution in [1.82, 2.24) is 0 Å². The normalized spacial score (nSPS) is 13.1. The van der Waals surface area contributed by atoms with Gasteiger partial charge in [0.1, 0.15) is 0 Å². The van der Waals surface area contributed by atoms with Gasteiger partial charge in [0, 0.05) is 5.57 Å². The minimum Gasteiger partial charge on any atom is -0.478 e. The molecular formula is C17H26O2. The largest absolute Gasteiger partial charge is 0.478 e. The van der Waals surface area contributed by atoms with E-state index in [1.54, 1.807) is 13.0 Å². The van der Waals surface area contributed by atoms with Gasteiger partial charge in [0.05, 0.1) is 0 Å². The van der Waals surface area contributed by atoms with Gasteiger partial charge in [-0.05, 0) is 52.4 Å². The SMILES string of the molecule is CC=CCCC=CCCC=CCCC=C(C)C(=O)O. The molecule has 2 nitrogen and oxygen atoms in total. The predicted octanol–water partition coefficient (Wildman–Crippen LogP) is 5.05. The molecule has 19 heavy (non-hydrogen) atoms. The number of unbranched alkanes of at least 4 members (excludes halogenated alkanes) is 3. The van der Waals surface area contributed by atoms with Gasteiger partial charge >= 0.3 is 5.97 Å². The molecule has 1 N–H and O–H groups in total. The lowest BCUT2D eigenvalue weighted by Gasteiger charge is -1.92. The minimum atomic E-state index is -0.827. The molecule has 0 atom stereocenters. The van der Waals surface area contributed by atoms with Gasteiger partial charge in [-0.25, -0.2) is 4.79 Å². The first kappa shape index (κ1) is 17.4. The van der Waals surface area contributed by atoms with Crippen molar-refractivity contribution in [2.45, 2.75) is 52.4 Å². The fourth-order valence-corrected chi connectivity index (χ4v) is 1.51. The Morgan fingerprint density at radius 2 is 1.26 bits per heavy atom. The van der Waals surface area contributed by atoms with Crippen molar-refractivity contribution in [2.75, 3.05) is 0 Å². The second-order valence-electron chi connectivity index (χ2n) is 4.44. The Bertz CT molecular complexity index is 346. The van der Waals surface area contributed by atoms with Crippen LogP contribution in [0, 0.1) is 0 Å². The third kappa shape index (κ3) is 12.7. The third-order valence-corrected chi connectivity index (χ3v) is 2.69. The van der Waals surface area contributed by atoms with E-state index in [1.165, 1.54) is 0 Å². The van der Waals surface area contributed by atoms with Crippen LogP contribution in [0.3, 0.4) is 0 Å². The van der Waals surface area contributed by atoms with Crippen LogP contribution in [-0.4, -0.2) is 11.1 Å². The summed E-state index contributed by atoms with van der Waals surface area (Å²) >= 11 is 0. The number of hydrogen-bond acceptors (Lipinski definition) is 1. The molecule has 2 heteroatoms. The highest BCUT2D eigenvalue weighted by Gasteiger charge is 1.96. The zero-order valence-corrected chi connectivity index (χ0v) is 12.1. The quantitative estimate of drug-likeness (QED) is 0.340. The highest BCUT2D eigenvalue weighted by Crippen LogP contribution is 2.02. The molecule has 0 amide bonds. The molecule has 0 unspecified atom stereocenters. The number of hydrogen-bond donors (Lipinski definition) is 1. The van der Waals surface area contributed by atoms with Crippen LogP contribution in [0.5, 0.6) is 0 Å². The summed E-state index contributed by atoms with van der Waals surface area (Å²) in [6, 6.07) is 0. The molecule has 0 aliphatic rings. The Kier molecular flexibility index (Phi) is 11.8. The summed E-state index contributed by atoms with van der Waals surface area (Å²) in [6.07, 6.45) is 20.9. The number of allylic oxidation sites excluding steroid dienone is 7. The minimum absolute atomic E-state index is 0.428. The summed E-state index contributed by atoms with van der Waals surface area (Å²) in [5, 5.41) is 8.66. The van der Waals surface area contributed by atoms with Gasteiger partial charge in [-0.2, -0.15) is 0 Å². The van der Waals surface area contributed by atoms with Crippen LogP contribution in [0.2, 0.25) is 0 Å². The Labute approximate surface area is 117 Å². The molecular weight excluding hydrogens is 236 g/mol. The highest BCUT2D eigenvalue weighted by molar-refractivity contribution is 5.85. The van der Waals surface area contributed by atoms with Crippen LogP contribution in [0.15, 0.2) is 48.1 Å². The van der Waals surface area contributed by atoms with Crippen LogP contribution in [0.4, 0.5) is 0 Å². The van der Waals surface area contributed by atoms with Crippen LogP contribution in [-0.2, 0) is 4.79 Å². The highest BCUT2D eigenvalue weighted by atomic mass is 16.4. The number of carboxylic acid groups (broad SMARTS) is 1. The van der Waals surface area contributed by atoms with Crippen molar-refractivity contribution in [3.05, 3.63) is 48.1 Å². The number of carboxylic acids is 1. The lowest BCUT2D eigenvalue weighted by molar-refractivity contribution is -0.132. The molecule has 106 valence electrons. The lowest BCUT2D eigenvalue weighted by atomic mass is 10.2. The van der Waals surface area contributed by atoms with Crippen molar-refractivity contribution in [1.29, 1.82) is 0 Å².